The van der Waals surface area contributed by atoms with E-state index in [1.165, 1.54) is 29.7 Å². The smallest absolute Gasteiger partial charge is 0.257 e. The summed E-state index contributed by atoms with van der Waals surface area (Å²) in [5.74, 6) is -0.252. The molecule has 134 valence electrons. The number of carbonyl (C=O) groups excluding carboxylic acids is 1. The van der Waals surface area contributed by atoms with E-state index in [1.807, 2.05) is 18.2 Å². The fourth-order valence-corrected chi connectivity index (χ4v) is 3.92. The van der Waals surface area contributed by atoms with Gasteiger partial charge in [-0.25, -0.2) is 4.98 Å². The van der Waals surface area contributed by atoms with Crippen LogP contribution >= 0.6 is 39.5 Å². The second kappa shape index (κ2) is 8.70. The largest absolute Gasteiger partial charge is 0.308 e. The molecule has 0 spiro atoms. The molecule has 1 heterocycles. The first kappa shape index (κ1) is 18.9. The van der Waals surface area contributed by atoms with Crippen molar-refractivity contribution in [1.29, 1.82) is 0 Å². The fraction of sp³-hybridized carbons (Fsp3) is 0.211. The predicted molar refractivity (Wildman–Crippen MR) is 116 cm³/mol. The molecule has 3 rings (SSSR count). The summed E-state index contributed by atoms with van der Waals surface area (Å²) in [4.78, 5) is 16.7. The van der Waals surface area contributed by atoms with E-state index in [4.69, 9.17) is 12.2 Å². The van der Waals surface area contributed by atoms with E-state index in [2.05, 4.69) is 50.6 Å². The number of fused-ring (bicyclic) bond motifs is 1. The number of aromatic nitrogens is 1. The Morgan fingerprint density at radius 2 is 2.00 bits per heavy atom. The van der Waals surface area contributed by atoms with Gasteiger partial charge < -0.3 is 5.32 Å². The van der Waals surface area contributed by atoms with Crippen molar-refractivity contribution in [3.05, 3.63) is 58.1 Å². The van der Waals surface area contributed by atoms with Gasteiger partial charge in [-0.15, -0.1) is 0 Å². The van der Waals surface area contributed by atoms with Gasteiger partial charge in [0, 0.05) is 10.0 Å². The van der Waals surface area contributed by atoms with Gasteiger partial charge >= 0.3 is 0 Å². The van der Waals surface area contributed by atoms with Crippen LogP contribution in [0.4, 0.5) is 5.13 Å². The molecule has 0 saturated heterocycles. The molecule has 1 amide bonds. The van der Waals surface area contributed by atoms with Crippen LogP contribution in [-0.2, 0) is 6.42 Å². The average molecular weight is 448 g/mol. The molecule has 2 N–H and O–H groups in total. The molecule has 0 aliphatic carbocycles. The summed E-state index contributed by atoms with van der Waals surface area (Å²) in [6, 6.07) is 13.4. The Morgan fingerprint density at radius 3 is 2.73 bits per heavy atom. The van der Waals surface area contributed by atoms with Crippen molar-refractivity contribution in [3.8, 4) is 0 Å². The fourth-order valence-electron chi connectivity index (χ4n) is 2.46. The number of thiocarbonyl (C=S) groups is 1. The van der Waals surface area contributed by atoms with E-state index in [9.17, 15) is 4.79 Å². The quantitative estimate of drug-likeness (QED) is 0.504. The first-order chi connectivity index (χ1) is 12.5. The number of unbranched alkanes of at least 4 members (excludes halogenated alkanes) is 1. The van der Waals surface area contributed by atoms with Crippen LogP contribution in [0.1, 0.15) is 35.7 Å². The predicted octanol–water partition coefficient (Wildman–Crippen LogP) is 5.53. The molecular formula is C19H18BrN3OS2. The number of thiazole rings is 1. The maximum absolute atomic E-state index is 12.2. The van der Waals surface area contributed by atoms with E-state index < -0.39 is 0 Å². The van der Waals surface area contributed by atoms with Crippen molar-refractivity contribution >= 4 is 65.9 Å². The molecule has 0 atom stereocenters. The second-order valence-corrected chi connectivity index (χ2v) is 8.19. The van der Waals surface area contributed by atoms with Crippen molar-refractivity contribution in [3.63, 3.8) is 0 Å². The van der Waals surface area contributed by atoms with Gasteiger partial charge in [0.25, 0.3) is 5.91 Å². The first-order valence-corrected chi connectivity index (χ1v) is 10.3. The van der Waals surface area contributed by atoms with E-state index in [0.29, 0.717) is 10.7 Å². The molecule has 0 unspecified atom stereocenters. The number of rotatable bonds is 5. The van der Waals surface area contributed by atoms with Gasteiger partial charge in [-0.1, -0.05) is 46.7 Å². The SMILES string of the molecule is CCCCc1ccc2nc(NC(=S)NC(=O)c3ccc(Br)cc3)sc2c1. The Kier molecular flexibility index (Phi) is 6.34. The van der Waals surface area contributed by atoms with Crippen LogP contribution < -0.4 is 10.6 Å². The van der Waals surface area contributed by atoms with Gasteiger partial charge in [-0.2, -0.15) is 0 Å². The Morgan fingerprint density at radius 1 is 1.23 bits per heavy atom. The summed E-state index contributed by atoms with van der Waals surface area (Å²) < 4.78 is 2.03. The lowest BCUT2D eigenvalue weighted by Gasteiger charge is -2.07. The van der Waals surface area contributed by atoms with Crippen LogP contribution in [0.15, 0.2) is 46.9 Å². The van der Waals surface area contributed by atoms with Crippen molar-refractivity contribution < 1.29 is 4.79 Å². The summed E-state index contributed by atoms with van der Waals surface area (Å²) >= 11 is 10.1. The number of carbonyl (C=O) groups is 1. The monoisotopic (exact) mass is 447 g/mol. The highest BCUT2D eigenvalue weighted by molar-refractivity contribution is 9.10. The average Bonchev–Trinajstić information content (AvgIpc) is 3.01. The Bertz CT molecular complexity index is 938. The zero-order valence-electron chi connectivity index (χ0n) is 14.2. The minimum absolute atomic E-state index is 0.239. The van der Waals surface area contributed by atoms with Gasteiger partial charge in [0.2, 0.25) is 0 Å². The number of hydrogen-bond acceptors (Lipinski definition) is 4. The maximum atomic E-state index is 12.2. The third-order valence-electron chi connectivity index (χ3n) is 3.83. The molecule has 7 heteroatoms. The molecule has 1 aromatic heterocycles. The number of halogens is 1. The zero-order chi connectivity index (χ0) is 18.5. The number of aryl methyl sites for hydroxylation is 1. The Hall–Kier alpha value is -1.83. The molecule has 26 heavy (non-hydrogen) atoms. The Labute approximate surface area is 170 Å². The number of hydrogen-bond donors (Lipinski definition) is 2. The lowest BCUT2D eigenvalue weighted by atomic mass is 10.1. The molecule has 2 aromatic carbocycles. The van der Waals surface area contributed by atoms with Crippen molar-refractivity contribution in [2.45, 2.75) is 26.2 Å². The summed E-state index contributed by atoms with van der Waals surface area (Å²) in [7, 11) is 0. The van der Waals surface area contributed by atoms with E-state index in [1.54, 1.807) is 12.1 Å². The maximum Gasteiger partial charge on any atom is 0.257 e. The normalized spacial score (nSPS) is 10.7. The van der Waals surface area contributed by atoms with Gasteiger partial charge in [0.05, 0.1) is 10.2 Å². The minimum Gasteiger partial charge on any atom is -0.308 e. The van der Waals surface area contributed by atoms with Gasteiger partial charge in [-0.3, -0.25) is 10.1 Å². The second-order valence-electron chi connectivity index (χ2n) is 5.84. The van der Waals surface area contributed by atoms with E-state index >= 15 is 0 Å². The number of amides is 1. The van der Waals surface area contributed by atoms with Gasteiger partial charge in [-0.05, 0) is 67.0 Å². The number of nitrogens with zero attached hydrogens (tertiary/aromatic N) is 1. The molecular weight excluding hydrogens is 430 g/mol. The molecule has 4 nitrogen and oxygen atoms in total. The van der Waals surface area contributed by atoms with Crippen LogP contribution in [0.3, 0.4) is 0 Å². The summed E-state index contributed by atoms with van der Waals surface area (Å²) in [5.41, 5.74) is 2.79. The summed E-state index contributed by atoms with van der Waals surface area (Å²) in [6.07, 6.45) is 3.44. The Balaban J connectivity index is 1.65. The molecule has 0 fully saturated rings. The van der Waals surface area contributed by atoms with Crippen LogP contribution in [0.5, 0.6) is 0 Å². The number of nitrogens with one attached hydrogen (secondary N) is 2. The van der Waals surface area contributed by atoms with E-state index in [0.717, 1.165) is 21.1 Å². The summed E-state index contributed by atoms with van der Waals surface area (Å²) in [6.45, 7) is 2.19. The summed E-state index contributed by atoms with van der Waals surface area (Å²) in [5, 5.41) is 6.60. The van der Waals surface area contributed by atoms with Gasteiger partial charge in [0.1, 0.15) is 0 Å². The van der Waals surface area contributed by atoms with Crippen LogP contribution in [0, 0.1) is 0 Å². The standard InChI is InChI=1S/C19H18BrN3OS2/c1-2-3-4-12-5-10-15-16(11-12)26-19(21-15)23-18(25)22-17(24)13-6-8-14(20)9-7-13/h5-11H,2-4H2,1H3,(H2,21,22,23,24,25). The van der Waals surface area contributed by atoms with Crippen LogP contribution in [-0.4, -0.2) is 16.0 Å². The van der Waals surface area contributed by atoms with Crippen molar-refractivity contribution in [2.24, 2.45) is 0 Å². The molecule has 0 aliphatic heterocycles. The lowest BCUT2D eigenvalue weighted by Crippen LogP contribution is -2.34. The van der Waals surface area contributed by atoms with E-state index in [-0.39, 0.29) is 11.0 Å². The highest BCUT2D eigenvalue weighted by atomic mass is 79.9. The molecule has 0 saturated carbocycles. The lowest BCUT2D eigenvalue weighted by molar-refractivity contribution is 0.0977. The topological polar surface area (TPSA) is 54.0 Å². The molecule has 0 radical (unpaired) electrons. The first-order valence-electron chi connectivity index (χ1n) is 8.32. The number of anilines is 1. The highest BCUT2D eigenvalue weighted by Gasteiger charge is 2.10. The van der Waals surface area contributed by atoms with Crippen LogP contribution in [0.2, 0.25) is 0 Å². The van der Waals surface area contributed by atoms with Gasteiger partial charge in [0.15, 0.2) is 10.2 Å². The van der Waals surface area contributed by atoms with Crippen LogP contribution in [0.25, 0.3) is 10.2 Å². The third-order valence-corrected chi connectivity index (χ3v) is 5.49. The van der Waals surface area contributed by atoms with Crippen molar-refractivity contribution in [1.82, 2.24) is 10.3 Å². The van der Waals surface area contributed by atoms with Crippen molar-refractivity contribution in [2.75, 3.05) is 5.32 Å². The molecule has 3 aromatic rings. The highest BCUT2D eigenvalue weighted by Crippen LogP contribution is 2.27. The zero-order valence-corrected chi connectivity index (χ0v) is 17.4. The molecule has 0 bridgehead atoms. The number of benzene rings is 2. The minimum atomic E-state index is -0.252. The third kappa shape index (κ3) is 4.87. The molecule has 0 aliphatic rings.